The molecule has 1 aromatic heterocycles. The highest BCUT2D eigenvalue weighted by molar-refractivity contribution is 7.98. The largest absolute Gasteiger partial charge is 0.364 e. The lowest BCUT2D eigenvalue weighted by Crippen LogP contribution is -2.39. The van der Waals surface area contributed by atoms with E-state index in [0.717, 1.165) is 11.7 Å². The van der Waals surface area contributed by atoms with Gasteiger partial charge in [-0.25, -0.2) is 4.98 Å². The van der Waals surface area contributed by atoms with Crippen molar-refractivity contribution in [3.63, 3.8) is 0 Å². The molecule has 7 nitrogen and oxygen atoms in total. The SMILES string of the molecule is CSc1nnc(C(N)=O)c(Nc2ccc(C3CCN(C4CCCC4)CC3)cc2)n1. The summed E-state index contributed by atoms with van der Waals surface area (Å²) >= 11 is 1.36. The van der Waals surface area contributed by atoms with Gasteiger partial charge in [0.25, 0.3) is 5.91 Å². The van der Waals surface area contributed by atoms with Crippen LogP contribution in [0.5, 0.6) is 0 Å². The highest BCUT2D eigenvalue weighted by Crippen LogP contribution is 2.33. The lowest BCUT2D eigenvalue weighted by Gasteiger charge is -2.36. The van der Waals surface area contributed by atoms with Gasteiger partial charge in [-0.1, -0.05) is 36.7 Å². The number of primary amides is 1. The summed E-state index contributed by atoms with van der Waals surface area (Å²) in [5.41, 5.74) is 7.68. The number of likely N-dealkylation sites (tertiary alicyclic amines) is 1. The van der Waals surface area contributed by atoms with Crippen LogP contribution in [0.25, 0.3) is 0 Å². The fourth-order valence-corrected chi connectivity index (χ4v) is 4.80. The van der Waals surface area contributed by atoms with Crippen LogP contribution >= 0.6 is 11.8 Å². The van der Waals surface area contributed by atoms with E-state index in [0.29, 0.717) is 16.9 Å². The molecule has 8 heteroatoms. The highest BCUT2D eigenvalue weighted by Gasteiger charge is 2.27. The summed E-state index contributed by atoms with van der Waals surface area (Å²) in [6.07, 6.45) is 9.87. The second kappa shape index (κ2) is 9.09. The number of nitrogens with zero attached hydrogens (tertiary/aromatic N) is 4. The Labute approximate surface area is 175 Å². The van der Waals surface area contributed by atoms with Crippen molar-refractivity contribution in [3.8, 4) is 0 Å². The third-order valence-electron chi connectivity index (χ3n) is 6.10. The molecular formula is C21H28N6OS. The van der Waals surface area contributed by atoms with Gasteiger partial charge in [-0.3, -0.25) is 4.79 Å². The average molecular weight is 413 g/mol. The van der Waals surface area contributed by atoms with Crippen molar-refractivity contribution < 1.29 is 4.79 Å². The van der Waals surface area contributed by atoms with E-state index in [1.807, 2.05) is 18.4 Å². The van der Waals surface area contributed by atoms with E-state index in [9.17, 15) is 4.79 Å². The van der Waals surface area contributed by atoms with Gasteiger partial charge in [0.1, 0.15) is 0 Å². The summed E-state index contributed by atoms with van der Waals surface area (Å²) < 4.78 is 0. The van der Waals surface area contributed by atoms with Gasteiger partial charge in [-0.2, -0.15) is 0 Å². The van der Waals surface area contributed by atoms with Gasteiger partial charge in [-0.15, -0.1) is 10.2 Å². The van der Waals surface area contributed by atoms with Gasteiger partial charge in [0.15, 0.2) is 11.5 Å². The summed E-state index contributed by atoms with van der Waals surface area (Å²) in [4.78, 5) is 18.7. The summed E-state index contributed by atoms with van der Waals surface area (Å²) in [7, 11) is 0. The lowest BCUT2D eigenvalue weighted by atomic mass is 9.88. The molecule has 1 saturated heterocycles. The maximum absolute atomic E-state index is 11.6. The number of anilines is 2. The topological polar surface area (TPSA) is 97.0 Å². The second-order valence-electron chi connectivity index (χ2n) is 7.86. The van der Waals surface area contributed by atoms with Crippen molar-refractivity contribution in [1.29, 1.82) is 0 Å². The molecule has 1 aromatic carbocycles. The summed E-state index contributed by atoms with van der Waals surface area (Å²) in [6, 6.07) is 9.24. The van der Waals surface area contributed by atoms with E-state index >= 15 is 0 Å². The van der Waals surface area contributed by atoms with Crippen molar-refractivity contribution in [2.24, 2.45) is 5.73 Å². The van der Waals surface area contributed by atoms with Crippen LogP contribution < -0.4 is 11.1 Å². The predicted molar refractivity (Wildman–Crippen MR) is 116 cm³/mol. The smallest absolute Gasteiger partial charge is 0.273 e. The van der Waals surface area contributed by atoms with Crippen molar-refractivity contribution >= 4 is 29.2 Å². The zero-order valence-corrected chi connectivity index (χ0v) is 17.6. The standard InChI is InChI=1S/C21H28N6OS/c1-29-21-24-20(18(19(22)28)25-26-21)23-16-8-6-14(7-9-16)15-10-12-27(13-11-15)17-4-2-3-5-17/h6-9,15,17H,2-5,10-13H2,1H3,(H2,22,28)(H,23,24,26). The minimum Gasteiger partial charge on any atom is -0.364 e. The minimum absolute atomic E-state index is 0.0474. The quantitative estimate of drug-likeness (QED) is 0.700. The first-order chi connectivity index (χ1) is 14.1. The summed E-state index contributed by atoms with van der Waals surface area (Å²) in [5, 5.41) is 11.4. The molecule has 29 heavy (non-hydrogen) atoms. The van der Waals surface area contributed by atoms with Gasteiger partial charge in [0.2, 0.25) is 5.16 Å². The molecule has 4 rings (SSSR count). The molecule has 1 aliphatic carbocycles. The molecule has 2 aliphatic rings. The molecule has 1 saturated carbocycles. The molecule has 0 spiro atoms. The van der Waals surface area contributed by atoms with Crippen molar-refractivity contribution in [2.75, 3.05) is 24.7 Å². The Bertz CT molecular complexity index is 845. The Balaban J connectivity index is 1.40. The number of carbonyl (C=O) groups excluding carboxylic acids is 1. The van der Waals surface area contributed by atoms with Crippen LogP contribution in [0.2, 0.25) is 0 Å². The predicted octanol–water partition coefficient (Wildman–Crippen LogP) is 3.56. The Morgan fingerprint density at radius 3 is 2.41 bits per heavy atom. The minimum atomic E-state index is -0.647. The number of amides is 1. The van der Waals surface area contributed by atoms with E-state index < -0.39 is 5.91 Å². The molecular weight excluding hydrogens is 384 g/mol. The molecule has 2 fully saturated rings. The normalized spacial score (nSPS) is 18.8. The van der Waals surface area contributed by atoms with Crippen LogP contribution in [-0.4, -0.2) is 51.4 Å². The Morgan fingerprint density at radius 1 is 1.10 bits per heavy atom. The van der Waals surface area contributed by atoms with E-state index in [4.69, 9.17) is 5.73 Å². The fraction of sp³-hybridized carbons (Fsp3) is 0.524. The van der Waals surface area contributed by atoms with Gasteiger partial charge in [-0.05, 0) is 68.6 Å². The van der Waals surface area contributed by atoms with Gasteiger partial charge < -0.3 is 16.0 Å². The number of aromatic nitrogens is 3. The fourth-order valence-electron chi connectivity index (χ4n) is 4.49. The Morgan fingerprint density at radius 2 is 1.79 bits per heavy atom. The average Bonchev–Trinajstić information content (AvgIpc) is 3.29. The number of carbonyl (C=O) groups is 1. The molecule has 2 aromatic rings. The number of nitrogens with two attached hydrogens (primary N) is 1. The Hall–Kier alpha value is -2.19. The molecule has 0 unspecified atom stereocenters. The number of benzene rings is 1. The third-order valence-corrected chi connectivity index (χ3v) is 6.64. The number of hydrogen-bond donors (Lipinski definition) is 2. The van der Waals surface area contributed by atoms with Gasteiger partial charge >= 0.3 is 0 Å². The molecule has 1 aliphatic heterocycles. The summed E-state index contributed by atoms with van der Waals surface area (Å²) in [5.74, 6) is 0.312. The van der Waals surface area contributed by atoms with Crippen molar-refractivity contribution in [2.45, 2.75) is 55.6 Å². The van der Waals surface area contributed by atoms with Crippen molar-refractivity contribution in [3.05, 3.63) is 35.5 Å². The molecule has 154 valence electrons. The Kier molecular flexibility index (Phi) is 6.30. The number of rotatable bonds is 6. The molecule has 2 heterocycles. The van der Waals surface area contributed by atoms with Crippen LogP contribution in [0.4, 0.5) is 11.5 Å². The molecule has 3 N–H and O–H groups in total. The van der Waals surface area contributed by atoms with Crippen LogP contribution in [-0.2, 0) is 0 Å². The number of piperidine rings is 1. The van der Waals surface area contributed by atoms with Gasteiger partial charge in [0, 0.05) is 11.7 Å². The third kappa shape index (κ3) is 4.70. The van der Waals surface area contributed by atoms with E-state index in [-0.39, 0.29) is 5.69 Å². The number of nitrogens with one attached hydrogen (secondary N) is 1. The zero-order chi connectivity index (χ0) is 20.2. The van der Waals surface area contributed by atoms with Crippen LogP contribution in [0.3, 0.4) is 0 Å². The number of hydrogen-bond acceptors (Lipinski definition) is 7. The first-order valence-corrected chi connectivity index (χ1v) is 11.6. The molecule has 1 amide bonds. The number of thioether (sulfide) groups is 1. The first-order valence-electron chi connectivity index (χ1n) is 10.3. The molecule has 0 radical (unpaired) electrons. The molecule has 0 atom stereocenters. The van der Waals surface area contributed by atoms with E-state index in [1.54, 1.807) is 0 Å². The molecule has 0 bridgehead atoms. The van der Waals surface area contributed by atoms with E-state index in [2.05, 4.69) is 37.5 Å². The van der Waals surface area contributed by atoms with Gasteiger partial charge in [0.05, 0.1) is 0 Å². The maximum atomic E-state index is 11.6. The monoisotopic (exact) mass is 412 g/mol. The zero-order valence-electron chi connectivity index (χ0n) is 16.8. The summed E-state index contributed by atoms with van der Waals surface area (Å²) in [6.45, 7) is 2.42. The van der Waals surface area contributed by atoms with Crippen LogP contribution in [0.1, 0.15) is 60.5 Å². The van der Waals surface area contributed by atoms with Crippen LogP contribution in [0, 0.1) is 0 Å². The van der Waals surface area contributed by atoms with Crippen molar-refractivity contribution in [1.82, 2.24) is 20.1 Å². The second-order valence-corrected chi connectivity index (χ2v) is 8.63. The first kappa shape index (κ1) is 20.1. The maximum Gasteiger partial charge on any atom is 0.273 e. The van der Waals surface area contributed by atoms with Crippen LogP contribution in [0.15, 0.2) is 29.4 Å². The van der Waals surface area contributed by atoms with E-state index in [1.165, 1.54) is 68.9 Å². The highest BCUT2D eigenvalue weighted by atomic mass is 32.2. The lowest BCUT2D eigenvalue weighted by molar-refractivity contribution is 0.0994.